The first kappa shape index (κ1) is 11.1. The van der Waals surface area contributed by atoms with Crippen molar-refractivity contribution in [1.82, 2.24) is 10.3 Å². The Balaban J connectivity index is 2.37. The number of hydrogen-bond donors (Lipinski definition) is 1. The van der Waals surface area contributed by atoms with E-state index in [1.54, 1.807) is 0 Å². The molecule has 16 heavy (non-hydrogen) atoms. The summed E-state index contributed by atoms with van der Waals surface area (Å²) >= 11 is 0. The second kappa shape index (κ2) is 5.08. The molecule has 0 saturated carbocycles. The fourth-order valence-electron chi connectivity index (χ4n) is 2.01. The first-order valence-electron chi connectivity index (χ1n) is 5.85. The van der Waals surface area contributed by atoms with Crippen LogP contribution in [0.2, 0.25) is 0 Å². The van der Waals surface area contributed by atoms with Gasteiger partial charge in [0.25, 0.3) is 0 Å². The van der Waals surface area contributed by atoms with Crippen LogP contribution in [0, 0.1) is 0 Å². The number of nitrogens with zero attached hydrogens (tertiary/aromatic N) is 1. The number of benzene rings is 1. The summed E-state index contributed by atoms with van der Waals surface area (Å²) in [5.41, 5.74) is 2.28. The van der Waals surface area contributed by atoms with Gasteiger partial charge in [-0.05, 0) is 25.6 Å². The Morgan fingerprint density at radius 2 is 2.00 bits per heavy atom. The third-order valence-electron chi connectivity index (χ3n) is 2.98. The summed E-state index contributed by atoms with van der Waals surface area (Å²) in [6.07, 6.45) is 1.12. The third kappa shape index (κ3) is 2.22. The molecule has 1 unspecified atom stereocenters. The summed E-state index contributed by atoms with van der Waals surface area (Å²) in [6.45, 7) is 3.20. The molecule has 1 atom stereocenters. The molecule has 0 aliphatic rings. The molecular formula is C14H18N2. The van der Waals surface area contributed by atoms with Gasteiger partial charge in [-0.15, -0.1) is 0 Å². The zero-order chi connectivity index (χ0) is 11.4. The summed E-state index contributed by atoms with van der Waals surface area (Å²) in [6, 6.07) is 12.6. The van der Waals surface area contributed by atoms with E-state index in [0.717, 1.165) is 18.5 Å². The molecule has 0 amide bonds. The smallest absolute Gasteiger partial charge is 0.0705 e. The second-order valence-corrected chi connectivity index (χ2v) is 4.09. The number of pyridine rings is 1. The van der Waals surface area contributed by atoms with Gasteiger partial charge >= 0.3 is 0 Å². The first-order chi connectivity index (χ1) is 7.85. The zero-order valence-electron chi connectivity index (χ0n) is 9.90. The molecule has 2 rings (SSSR count). The number of nitrogens with one attached hydrogen (secondary N) is 1. The van der Waals surface area contributed by atoms with Gasteiger partial charge in [-0.1, -0.05) is 31.2 Å². The van der Waals surface area contributed by atoms with Crippen molar-refractivity contribution >= 4 is 10.9 Å². The Kier molecular flexibility index (Phi) is 3.52. The molecule has 1 aromatic heterocycles. The van der Waals surface area contributed by atoms with Gasteiger partial charge in [0, 0.05) is 23.5 Å². The molecule has 0 saturated heterocycles. The van der Waals surface area contributed by atoms with Crippen molar-refractivity contribution in [3.05, 3.63) is 42.1 Å². The predicted molar refractivity (Wildman–Crippen MR) is 68.7 cm³/mol. The van der Waals surface area contributed by atoms with E-state index in [4.69, 9.17) is 4.98 Å². The van der Waals surface area contributed by atoms with Gasteiger partial charge in [0.1, 0.15) is 0 Å². The third-order valence-corrected chi connectivity index (χ3v) is 2.98. The highest BCUT2D eigenvalue weighted by Crippen LogP contribution is 2.20. The van der Waals surface area contributed by atoms with Gasteiger partial charge in [-0.25, -0.2) is 0 Å². The highest BCUT2D eigenvalue weighted by atomic mass is 14.8. The van der Waals surface area contributed by atoms with Crippen LogP contribution < -0.4 is 5.32 Å². The van der Waals surface area contributed by atoms with Gasteiger partial charge in [0.2, 0.25) is 0 Å². The molecule has 2 heteroatoms. The van der Waals surface area contributed by atoms with E-state index in [-0.39, 0.29) is 0 Å². The molecule has 2 nitrogen and oxygen atoms in total. The summed E-state index contributed by atoms with van der Waals surface area (Å²) < 4.78 is 0. The lowest BCUT2D eigenvalue weighted by Crippen LogP contribution is -2.17. The van der Waals surface area contributed by atoms with E-state index in [0.29, 0.717) is 5.92 Å². The molecule has 2 aromatic rings. The normalized spacial score (nSPS) is 12.9. The Morgan fingerprint density at radius 3 is 2.75 bits per heavy atom. The van der Waals surface area contributed by atoms with Crippen molar-refractivity contribution in [3.63, 3.8) is 0 Å². The largest absolute Gasteiger partial charge is 0.319 e. The zero-order valence-corrected chi connectivity index (χ0v) is 9.90. The average Bonchev–Trinajstić information content (AvgIpc) is 2.35. The number of rotatable bonds is 4. The topological polar surface area (TPSA) is 24.9 Å². The molecule has 0 aliphatic heterocycles. The summed E-state index contributed by atoms with van der Waals surface area (Å²) in [7, 11) is 1.99. The standard InChI is InChI=1S/C14H18N2/c1-3-11(10-15-2)14-9-8-12-6-4-5-7-13(12)16-14/h4-9,11,15H,3,10H2,1-2H3. The van der Waals surface area contributed by atoms with E-state index in [1.807, 2.05) is 13.1 Å². The van der Waals surface area contributed by atoms with Crippen LogP contribution in [0.3, 0.4) is 0 Å². The maximum Gasteiger partial charge on any atom is 0.0705 e. The van der Waals surface area contributed by atoms with Crippen molar-refractivity contribution in [1.29, 1.82) is 0 Å². The average molecular weight is 214 g/mol. The monoisotopic (exact) mass is 214 g/mol. The van der Waals surface area contributed by atoms with Crippen LogP contribution in [0.1, 0.15) is 25.0 Å². The van der Waals surface area contributed by atoms with Gasteiger partial charge in [-0.2, -0.15) is 0 Å². The van der Waals surface area contributed by atoms with Crippen molar-refractivity contribution in [2.45, 2.75) is 19.3 Å². The molecule has 0 bridgehead atoms. The van der Waals surface area contributed by atoms with Crippen molar-refractivity contribution in [3.8, 4) is 0 Å². The maximum atomic E-state index is 4.72. The van der Waals surface area contributed by atoms with Crippen molar-refractivity contribution < 1.29 is 0 Å². The van der Waals surface area contributed by atoms with E-state index < -0.39 is 0 Å². The van der Waals surface area contributed by atoms with Crippen LogP contribution in [-0.4, -0.2) is 18.6 Å². The minimum atomic E-state index is 0.509. The number of hydrogen-bond acceptors (Lipinski definition) is 2. The Hall–Kier alpha value is -1.41. The number of fused-ring (bicyclic) bond motifs is 1. The Labute approximate surface area is 96.7 Å². The molecule has 84 valence electrons. The SMILES string of the molecule is CCC(CNC)c1ccc2ccccc2n1. The van der Waals surface area contributed by atoms with Crippen LogP contribution in [0.15, 0.2) is 36.4 Å². The number of aromatic nitrogens is 1. The van der Waals surface area contributed by atoms with Crippen molar-refractivity contribution in [2.24, 2.45) is 0 Å². The molecule has 1 aromatic carbocycles. The predicted octanol–water partition coefficient (Wildman–Crippen LogP) is 2.95. The van der Waals surface area contributed by atoms with Gasteiger partial charge in [0.15, 0.2) is 0 Å². The van der Waals surface area contributed by atoms with Crippen molar-refractivity contribution in [2.75, 3.05) is 13.6 Å². The quantitative estimate of drug-likeness (QED) is 0.846. The van der Waals surface area contributed by atoms with Crippen LogP contribution in [0.4, 0.5) is 0 Å². The maximum absolute atomic E-state index is 4.72. The fourth-order valence-corrected chi connectivity index (χ4v) is 2.01. The van der Waals surface area contributed by atoms with Crippen LogP contribution in [-0.2, 0) is 0 Å². The number of likely N-dealkylation sites (N-methyl/N-ethyl adjacent to an activating group) is 1. The summed E-state index contributed by atoms with van der Waals surface area (Å²) in [5.74, 6) is 0.509. The minimum Gasteiger partial charge on any atom is -0.319 e. The lowest BCUT2D eigenvalue weighted by molar-refractivity contribution is 0.599. The highest BCUT2D eigenvalue weighted by molar-refractivity contribution is 5.78. The van der Waals surface area contributed by atoms with Crippen LogP contribution in [0.25, 0.3) is 10.9 Å². The summed E-state index contributed by atoms with van der Waals surface area (Å²) in [5, 5.41) is 4.44. The summed E-state index contributed by atoms with van der Waals surface area (Å²) in [4.78, 5) is 4.72. The Morgan fingerprint density at radius 1 is 1.19 bits per heavy atom. The van der Waals surface area contributed by atoms with E-state index in [1.165, 1.54) is 11.1 Å². The first-order valence-corrected chi connectivity index (χ1v) is 5.85. The van der Waals surface area contributed by atoms with Gasteiger partial charge < -0.3 is 5.32 Å². The minimum absolute atomic E-state index is 0.509. The van der Waals surface area contributed by atoms with Crippen LogP contribution >= 0.6 is 0 Å². The molecule has 0 spiro atoms. The van der Waals surface area contributed by atoms with Gasteiger partial charge in [-0.3, -0.25) is 4.98 Å². The van der Waals surface area contributed by atoms with Gasteiger partial charge in [0.05, 0.1) is 5.52 Å². The van der Waals surface area contributed by atoms with Crippen LogP contribution in [0.5, 0.6) is 0 Å². The molecule has 0 fully saturated rings. The number of para-hydroxylation sites is 1. The lowest BCUT2D eigenvalue weighted by Gasteiger charge is -2.14. The second-order valence-electron chi connectivity index (χ2n) is 4.09. The molecule has 1 N–H and O–H groups in total. The van der Waals surface area contributed by atoms with E-state index >= 15 is 0 Å². The van der Waals surface area contributed by atoms with E-state index in [9.17, 15) is 0 Å². The lowest BCUT2D eigenvalue weighted by atomic mass is 10.0. The molecule has 0 aliphatic carbocycles. The molecular weight excluding hydrogens is 196 g/mol. The molecule has 1 heterocycles. The fraction of sp³-hybridized carbons (Fsp3) is 0.357. The Bertz CT molecular complexity index is 465. The highest BCUT2D eigenvalue weighted by Gasteiger charge is 2.09. The van der Waals surface area contributed by atoms with E-state index in [2.05, 4.69) is 42.6 Å². The molecule has 0 radical (unpaired) electrons.